The van der Waals surface area contributed by atoms with Crippen molar-refractivity contribution in [3.8, 4) is 0 Å². The Morgan fingerprint density at radius 3 is 2.29 bits per heavy atom. The minimum absolute atomic E-state index is 0.0490. The molecule has 0 aromatic rings. The number of carbonyl (C=O) groups is 3. The molecule has 1 spiro atoms. The Hall–Kier alpha value is -2.42. The summed E-state index contributed by atoms with van der Waals surface area (Å²) in [4.78, 5) is 45.0. The lowest BCUT2D eigenvalue weighted by Gasteiger charge is -2.36. The van der Waals surface area contributed by atoms with Crippen LogP contribution < -0.4 is 5.32 Å². The van der Waals surface area contributed by atoms with Gasteiger partial charge < -0.3 is 19.6 Å². The lowest BCUT2D eigenvalue weighted by molar-refractivity contribution is -0.227. The Labute approximate surface area is 196 Å². The van der Waals surface area contributed by atoms with Gasteiger partial charge in [-0.25, -0.2) is 14.6 Å². The number of aliphatic imine (C=N–C) groups is 1. The van der Waals surface area contributed by atoms with Gasteiger partial charge in [-0.2, -0.15) is 26.3 Å². The highest BCUT2D eigenvalue weighted by Crippen LogP contribution is 2.41. The second kappa shape index (κ2) is 10.3. The van der Waals surface area contributed by atoms with E-state index in [1.807, 2.05) is 0 Å². The van der Waals surface area contributed by atoms with Crippen molar-refractivity contribution in [2.75, 3.05) is 26.8 Å². The van der Waals surface area contributed by atoms with Crippen LogP contribution in [-0.4, -0.2) is 79.5 Å². The van der Waals surface area contributed by atoms with Gasteiger partial charge in [0.05, 0.1) is 0 Å². The molecule has 1 saturated carbocycles. The van der Waals surface area contributed by atoms with E-state index in [0.717, 1.165) is 6.42 Å². The third kappa shape index (κ3) is 5.88. The van der Waals surface area contributed by atoms with Gasteiger partial charge in [0, 0.05) is 26.2 Å². The number of alkyl halides is 6. The standard InChI is InChI=1S/C20H25F6N3O6/c1-33-9-6-11-2-4-12(5-3-11)14-28-18(15(30)29(14)35-17(32)20(24,25)26)7-8-27-10-13(18)34-16(31)19(21,22)23/h11-13,27H,2-10H2,1H3. The molecule has 3 rings (SSSR count). The van der Waals surface area contributed by atoms with Gasteiger partial charge in [0.15, 0.2) is 5.54 Å². The number of rotatable bonds is 6. The van der Waals surface area contributed by atoms with Crippen LogP contribution in [0.15, 0.2) is 4.99 Å². The third-order valence-electron chi connectivity index (χ3n) is 6.45. The summed E-state index contributed by atoms with van der Waals surface area (Å²) in [5.74, 6) is -7.14. The second-order valence-corrected chi connectivity index (χ2v) is 8.72. The minimum Gasteiger partial charge on any atom is -0.451 e. The number of halogens is 6. The summed E-state index contributed by atoms with van der Waals surface area (Å²) < 4.78 is 86.8. The summed E-state index contributed by atoms with van der Waals surface area (Å²) in [6.45, 7) is 0.162. The first-order valence-electron chi connectivity index (χ1n) is 11.0. The molecule has 2 heterocycles. The highest BCUT2D eigenvalue weighted by molar-refractivity contribution is 6.09. The van der Waals surface area contributed by atoms with Crippen LogP contribution in [0.1, 0.15) is 38.5 Å². The van der Waals surface area contributed by atoms with Crippen molar-refractivity contribution in [2.45, 2.75) is 62.5 Å². The predicted molar refractivity (Wildman–Crippen MR) is 105 cm³/mol. The molecule has 0 radical (unpaired) electrons. The topological polar surface area (TPSA) is 107 Å². The van der Waals surface area contributed by atoms with E-state index in [9.17, 15) is 40.7 Å². The van der Waals surface area contributed by atoms with Crippen LogP contribution in [0.3, 0.4) is 0 Å². The van der Waals surface area contributed by atoms with E-state index >= 15 is 0 Å². The molecule has 2 atom stereocenters. The van der Waals surface area contributed by atoms with Gasteiger partial charge in [0.2, 0.25) is 0 Å². The Kier molecular flexibility index (Phi) is 7.99. The number of esters is 1. The highest BCUT2D eigenvalue weighted by atomic mass is 19.4. The Morgan fingerprint density at radius 2 is 1.71 bits per heavy atom. The van der Waals surface area contributed by atoms with E-state index in [1.165, 1.54) is 0 Å². The van der Waals surface area contributed by atoms with Gasteiger partial charge in [-0.05, 0) is 51.0 Å². The highest BCUT2D eigenvalue weighted by Gasteiger charge is 2.61. The van der Waals surface area contributed by atoms with E-state index in [2.05, 4.69) is 19.9 Å². The monoisotopic (exact) mass is 517 g/mol. The average molecular weight is 517 g/mol. The largest absolute Gasteiger partial charge is 0.493 e. The maximum atomic E-state index is 13.3. The lowest BCUT2D eigenvalue weighted by atomic mass is 9.80. The number of hydroxylamine groups is 2. The van der Waals surface area contributed by atoms with Gasteiger partial charge in [-0.1, -0.05) is 0 Å². The first-order chi connectivity index (χ1) is 16.3. The molecule has 198 valence electrons. The first kappa shape index (κ1) is 27.2. The van der Waals surface area contributed by atoms with E-state index < -0.39 is 54.3 Å². The van der Waals surface area contributed by atoms with Crippen molar-refractivity contribution >= 4 is 23.7 Å². The maximum Gasteiger partial charge on any atom is 0.493 e. The molecule has 2 aliphatic heterocycles. The third-order valence-corrected chi connectivity index (χ3v) is 6.45. The Balaban J connectivity index is 1.91. The van der Waals surface area contributed by atoms with Crippen molar-refractivity contribution in [2.24, 2.45) is 16.8 Å². The normalized spacial score (nSPS) is 29.8. The van der Waals surface area contributed by atoms with E-state index in [4.69, 9.17) is 4.74 Å². The lowest BCUT2D eigenvalue weighted by Crippen LogP contribution is -2.60. The summed E-state index contributed by atoms with van der Waals surface area (Å²) in [5.41, 5.74) is -2.15. The van der Waals surface area contributed by atoms with Gasteiger partial charge in [-0.15, -0.1) is 5.06 Å². The molecular weight excluding hydrogens is 492 g/mol. The molecule has 1 saturated heterocycles. The minimum atomic E-state index is -5.44. The van der Waals surface area contributed by atoms with E-state index in [1.54, 1.807) is 7.11 Å². The smallest absolute Gasteiger partial charge is 0.451 e. The zero-order valence-electron chi connectivity index (χ0n) is 18.7. The van der Waals surface area contributed by atoms with Crippen molar-refractivity contribution in [1.82, 2.24) is 10.4 Å². The zero-order valence-corrected chi connectivity index (χ0v) is 18.7. The van der Waals surface area contributed by atoms with E-state index in [-0.39, 0.29) is 29.8 Å². The average Bonchev–Trinajstić information content (AvgIpc) is 3.05. The second-order valence-electron chi connectivity index (χ2n) is 8.72. The summed E-state index contributed by atoms with van der Waals surface area (Å²) in [6.07, 6.45) is -10.1. The van der Waals surface area contributed by atoms with Crippen LogP contribution >= 0.6 is 0 Å². The quantitative estimate of drug-likeness (QED) is 0.426. The fourth-order valence-corrected chi connectivity index (χ4v) is 4.60. The molecular formula is C20H25F6N3O6. The van der Waals surface area contributed by atoms with Crippen LogP contribution in [0.5, 0.6) is 0 Å². The summed E-state index contributed by atoms with van der Waals surface area (Å²) in [5, 5.41) is 2.81. The van der Waals surface area contributed by atoms with E-state index in [0.29, 0.717) is 32.3 Å². The molecule has 35 heavy (non-hydrogen) atoms. The van der Waals surface area contributed by atoms with Gasteiger partial charge in [0.1, 0.15) is 11.9 Å². The Bertz CT molecular complexity index is 855. The molecule has 15 heteroatoms. The molecule has 1 aliphatic carbocycles. The summed E-state index contributed by atoms with van der Waals surface area (Å²) in [6, 6.07) is 0. The fourth-order valence-electron chi connectivity index (χ4n) is 4.60. The number of methoxy groups -OCH3 is 1. The number of nitrogens with zero attached hydrogens (tertiary/aromatic N) is 2. The number of carbonyl (C=O) groups excluding carboxylic acids is 3. The molecule has 2 unspecified atom stereocenters. The summed E-state index contributed by atoms with van der Waals surface area (Å²) in [7, 11) is 1.55. The molecule has 2 fully saturated rings. The molecule has 0 aromatic carbocycles. The molecule has 9 nitrogen and oxygen atoms in total. The number of piperidine rings is 1. The number of hydrogen-bond acceptors (Lipinski definition) is 8. The van der Waals surface area contributed by atoms with Crippen molar-refractivity contribution in [3.63, 3.8) is 0 Å². The number of hydrogen-bond donors (Lipinski definition) is 1. The Morgan fingerprint density at radius 1 is 1.09 bits per heavy atom. The number of nitrogens with one attached hydrogen (secondary N) is 1. The fraction of sp³-hybridized carbons (Fsp3) is 0.800. The first-order valence-corrected chi connectivity index (χ1v) is 11.0. The molecule has 3 aliphatic rings. The van der Waals surface area contributed by atoms with Crippen molar-refractivity contribution in [1.29, 1.82) is 0 Å². The van der Waals surface area contributed by atoms with Crippen LogP contribution in [0.2, 0.25) is 0 Å². The van der Waals surface area contributed by atoms with Crippen LogP contribution in [0.4, 0.5) is 26.3 Å². The van der Waals surface area contributed by atoms with Gasteiger partial charge >= 0.3 is 24.3 Å². The van der Waals surface area contributed by atoms with Gasteiger partial charge in [0.25, 0.3) is 5.91 Å². The molecule has 0 bridgehead atoms. The number of amidine groups is 1. The van der Waals surface area contributed by atoms with Crippen molar-refractivity contribution in [3.05, 3.63) is 0 Å². The van der Waals surface area contributed by atoms with Crippen LogP contribution in [0.25, 0.3) is 0 Å². The molecule has 1 amide bonds. The molecule has 1 N–H and O–H groups in total. The SMILES string of the molecule is COCCC1CCC(C2=NC3(CCNCC3OC(=O)C(F)(F)F)C(=O)N2OC(=O)C(F)(F)F)CC1. The summed E-state index contributed by atoms with van der Waals surface area (Å²) >= 11 is 0. The molecule has 0 aromatic heterocycles. The van der Waals surface area contributed by atoms with Crippen LogP contribution in [0, 0.1) is 11.8 Å². The zero-order chi connectivity index (χ0) is 26.0. The van der Waals surface area contributed by atoms with Gasteiger partial charge in [-0.3, -0.25) is 4.79 Å². The maximum absolute atomic E-state index is 13.3. The number of amides is 1. The number of ether oxygens (including phenoxy) is 2. The van der Waals surface area contributed by atoms with Crippen LogP contribution in [-0.2, 0) is 28.7 Å². The van der Waals surface area contributed by atoms with Crippen molar-refractivity contribution < 1.29 is 55.0 Å². The predicted octanol–water partition coefficient (Wildman–Crippen LogP) is 2.30.